The molecule has 0 bridgehead atoms. The molecule has 4 rings (SSSR count). The maximum atomic E-state index is 5.30. The van der Waals surface area contributed by atoms with Gasteiger partial charge < -0.3 is 10.1 Å². The number of fused-ring (bicyclic) bond motifs is 1. The predicted octanol–water partition coefficient (Wildman–Crippen LogP) is 5.29. The summed E-state index contributed by atoms with van der Waals surface area (Å²) in [5.41, 5.74) is 3.03. The molecule has 0 aliphatic carbocycles. The van der Waals surface area contributed by atoms with Crippen LogP contribution in [-0.4, -0.2) is 17.1 Å². The largest absolute Gasteiger partial charge is 0.497 e. The van der Waals surface area contributed by atoms with E-state index >= 15 is 0 Å². The van der Waals surface area contributed by atoms with Crippen molar-refractivity contribution in [2.45, 2.75) is 13.5 Å². The Morgan fingerprint density at radius 1 is 1.04 bits per heavy atom. The second kappa shape index (κ2) is 7.14. The van der Waals surface area contributed by atoms with Gasteiger partial charge in [0.1, 0.15) is 16.6 Å². The Morgan fingerprint density at radius 3 is 2.81 bits per heavy atom. The molecule has 0 saturated heterocycles. The van der Waals surface area contributed by atoms with Gasteiger partial charge in [-0.15, -0.1) is 11.3 Å². The number of aromatic nitrogens is 2. The number of anilines is 1. The third-order valence-corrected chi connectivity index (χ3v) is 5.04. The Morgan fingerprint density at radius 2 is 1.92 bits per heavy atom. The van der Waals surface area contributed by atoms with Crippen LogP contribution in [0.5, 0.6) is 5.75 Å². The molecule has 0 spiro atoms. The normalized spacial score (nSPS) is 10.8. The molecule has 2 heterocycles. The van der Waals surface area contributed by atoms with E-state index in [1.165, 1.54) is 5.39 Å². The van der Waals surface area contributed by atoms with Crippen LogP contribution in [0.25, 0.3) is 22.0 Å². The van der Waals surface area contributed by atoms with Crippen molar-refractivity contribution in [1.82, 2.24) is 9.97 Å². The van der Waals surface area contributed by atoms with Gasteiger partial charge in [0.05, 0.1) is 19.3 Å². The van der Waals surface area contributed by atoms with E-state index < -0.39 is 0 Å². The molecule has 2 aromatic heterocycles. The summed E-state index contributed by atoms with van der Waals surface area (Å²) < 4.78 is 5.30. The molecule has 0 saturated carbocycles. The number of rotatable bonds is 5. The molecule has 0 amide bonds. The van der Waals surface area contributed by atoms with Gasteiger partial charge in [0, 0.05) is 22.0 Å². The topological polar surface area (TPSA) is 47.0 Å². The number of hydrogen-bond donors (Lipinski definition) is 1. The number of pyridine rings is 1. The Kier molecular flexibility index (Phi) is 4.54. The summed E-state index contributed by atoms with van der Waals surface area (Å²) in [6.45, 7) is 2.66. The highest BCUT2D eigenvalue weighted by Gasteiger charge is 2.08. The molecule has 0 aliphatic rings. The zero-order chi connectivity index (χ0) is 17.9. The molecular weight excluding hydrogens is 342 g/mol. The Bertz CT molecular complexity index is 1060. The van der Waals surface area contributed by atoms with E-state index in [4.69, 9.17) is 9.72 Å². The average molecular weight is 361 g/mol. The van der Waals surface area contributed by atoms with Crippen molar-refractivity contribution < 1.29 is 4.74 Å². The molecule has 4 aromatic rings. The predicted molar refractivity (Wildman–Crippen MR) is 108 cm³/mol. The first-order chi connectivity index (χ1) is 12.7. The van der Waals surface area contributed by atoms with Crippen molar-refractivity contribution in [3.8, 4) is 17.0 Å². The fourth-order valence-corrected chi connectivity index (χ4v) is 3.68. The Hall–Kier alpha value is -2.92. The van der Waals surface area contributed by atoms with Crippen LogP contribution in [0.4, 0.5) is 5.82 Å². The Labute approximate surface area is 156 Å². The fourth-order valence-electron chi connectivity index (χ4n) is 2.93. The SMILES string of the molecule is COc1cccc(-c2csc(CNc3nc(C)cc4ccccc34)n2)c1. The molecule has 0 atom stereocenters. The van der Waals surface area contributed by atoms with Gasteiger partial charge in [-0.25, -0.2) is 9.97 Å². The molecule has 2 aromatic carbocycles. The molecule has 0 radical (unpaired) electrons. The number of methoxy groups -OCH3 is 1. The number of thiazole rings is 1. The lowest BCUT2D eigenvalue weighted by atomic mass is 10.1. The molecule has 26 heavy (non-hydrogen) atoms. The minimum Gasteiger partial charge on any atom is -0.497 e. The van der Waals surface area contributed by atoms with Gasteiger partial charge in [0.25, 0.3) is 0 Å². The smallest absolute Gasteiger partial charge is 0.134 e. The lowest BCUT2D eigenvalue weighted by Crippen LogP contribution is -2.02. The van der Waals surface area contributed by atoms with Crippen LogP contribution in [0.3, 0.4) is 0 Å². The first-order valence-corrected chi connectivity index (χ1v) is 9.30. The standard InChI is InChI=1S/C21H19N3OS/c1-14-10-15-6-3-4-9-18(15)21(23-14)22-12-20-24-19(13-26-20)16-7-5-8-17(11-16)25-2/h3-11,13H,12H2,1-2H3,(H,22,23). The zero-order valence-electron chi connectivity index (χ0n) is 14.7. The van der Waals surface area contributed by atoms with Gasteiger partial charge in [0.2, 0.25) is 0 Å². The molecule has 4 nitrogen and oxygen atoms in total. The molecule has 130 valence electrons. The van der Waals surface area contributed by atoms with E-state index in [2.05, 4.69) is 33.9 Å². The minimum absolute atomic E-state index is 0.648. The molecule has 1 N–H and O–H groups in total. The van der Waals surface area contributed by atoms with Crippen LogP contribution in [0.15, 0.2) is 60.0 Å². The van der Waals surface area contributed by atoms with Gasteiger partial charge in [-0.2, -0.15) is 0 Å². The van der Waals surface area contributed by atoms with E-state index in [1.807, 2.05) is 43.3 Å². The molecule has 0 unspecified atom stereocenters. The first-order valence-electron chi connectivity index (χ1n) is 8.42. The summed E-state index contributed by atoms with van der Waals surface area (Å²) in [4.78, 5) is 9.40. The lowest BCUT2D eigenvalue weighted by Gasteiger charge is -2.09. The maximum absolute atomic E-state index is 5.30. The highest BCUT2D eigenvalue weighted by Crippen LogP contribution is 2.27. The van der Waals surface area contributed by atoms with Gasteiger partial charge >= 0.3 is 0 Å². The summed E-state index contributed by atoms with van der Waals surface area (Å²) in [6.07, 6.45) is 0. The molecule has 5 heteroatoms. The number of nitrogens with one attached hydrogen (secondary N) is 1. The van der Waals surface area contributed by atoms with Crippen LogP contribution >= 0.6 is 11.3 Å². The summed E-state index contributed by atoms with van der Waals surface area (Å²) in [5, 5.41) is 8.87. The third kappa shape index (κ3) is 3.39. The van der Waals surface area contributed by atoms with E-state index in [9.17, 15) is 0 Å². The molecule has 0 fully saturated rings. The van der Waals surface area contributed by atoms with Crippen molar-refractivity contribution in [2.75, 3.05) is 12.4 Å². The van der Waals surface area contributed by atoms with E-state index in [0.717, 1.165) is 38.9 Å². The third-order valence-electron chi connectivity index (χ3n) is 4.19. The summed E-state index contributed by atoms with van der Waals surface area (Å²) in [7, 11) is 1.68. The molecule has 0 aliphatic heterocycles. The quantitative estimate of drug-likeness (QED) is 0.525. The van der Waals surface area contributed by atoms with Crippen LogP contribution in [0.1, 0.15) is 10.7 Å². The van der Waals surface area contributed by atoms with Crippen molar-refractivity contribution in [2.24, 2.45) is 0 Å². The van der Waals surface area contributed by atoms with Gasteiger partial charge in [-0.1, -0.05) is 36.4 Å². The number of nitrogens with zero attached hydrogens (tertiary/aromatic N) is 2. The monoisotopic (exact) mass is 361 g/mol. The fraction of sp³-hybridized carbons (Fsp3) is 0.143. The van der Waals surface area contributed by atoms with Gasteiger partial charge in [-0.05, 0) is 30.5 Å². The zero-order valence-corrected chi connectivity index (χ0v) is 15.5. The number of benzene rings is 2. The van der Waals surface area contributed by atoms with Crippen molar-refractivity contribution in [3.05, 3.63) is 70.7 Å². The maximum Gasteiger partial charge on any atom is 0.134 e. The van der Waals surface area contributed by atoms with Crippen LogP contribution < -0.4 is 10.1 Å². The average Bonchev–Trinajstić information content (AvgIpc) is 3.15. The van der Waals surface area contributed by atoms with Crippen LogP contribution in [-0.2, 0) is 6.54 Å². The minimum atomic E-state index is 0.648. The van der Waals surface area contributed by atoms with Crippen molar-refractivity contribution in [3.63, 3.8) is 0 Å². The summed E-state index contributed by atoms with van der Waals surface area (Å²) in [6, 6.07) is 18.4. The van der Waals surface area contributed by atoms with Crippen LogP contribution in [0.2, 0.25) is 0 Å². The highest BCUT2D eigenvalue weighted by atomic mass is 32.1. The first kappa shape index (κ1) is 16.5. The van der Waals surface area contributed by atoms with Gasteiger partial charge in [0.15, 0.2) is 0 Å². The highest BCUT2D eigenvalue weighted by molar-refractivity contribution is 7.10. The summed E-state index contributed by atoms with van der Waals surface area (Å²) in [5.74, 6) is 1.74. The second-order valence-electron chi connectivity index (χ2n) is 6.05. The molecular formula is C21H19N3OS. The van der Waals surface area contributed by atoms with E-state index in [1.54, 1.807) is 18.4 Å². The van der Waals surface area contributed by atoms with Gasteiger partial charge in [-0.3, -0.25) is 0 Å². The number of hydrogen-bond acceptors (Lipinski definition) is 5. The van der Waals surface area contributed by atoms with Crippen LogP contribution in [0, 0.1) is 6.92 Å². The van der Waals surface area contributed by atoms with E-state index in [-0.39, 0.29) is 0 Å². The van der Waals surface area contributed by atoms with Crippen molar-refractivity contribution >= 4 is 27.9 Å². The second-order valence-corrected chi connectivity index (χ2v) is 6.99. The Balaban J connectivity index is 1.55. The lowest BCUT2D eigenvalue weighted by molar-refractivity contribution is 0.415. The summed E-state index contributed by atoms with van der Waals surface area (Å²) >= 11 is 1.64. The number of aryl methyl sites for hydroxylation is 1. The van der Waals surface area contributed by atoms with E-state index in [0.29, 0.717) is 6.54 Å². The van der Waals surface area contributed by atoms with Crippen molar-refractivity contribution in [1.29, 1.82) is 0 Å². The number of ether oxygens (including phenoxy) is 1.